The molecule has 0 spiro atoms. The number of nitrogens with zero attached hydrogens (tertiary/aromatic N) is 1. The maximum absolute atomic E-state index is 12.3. The second kappa shape index (κ2) is 8.82. The molecule has 2 aromatic carbocycles. The van der Waals surface area contributed by atoms with Gasteiger partial charge >= 0.3 is 5.97 Å². The van der Waals surface area contributed by atoms with E-state index in [1.165, 1.54) is 11.0 Å². The second-order valence-corrected chi connectivity index (χ2v) is 7.39. The minimum absolute atomic E-state index is 0.00814. The van der Waals surface area contributed by atoms with Gasteiger partial charge in [0.15, 0.2) is 6.61 Å². The van der Waals surface area contributed by atoms with Crippen molar-refractivity contribution in [2.24, 2.45) is 5.92 Å². The van der Waals surface area contributed by atoms with Gasteiger partial charge < -0.3 is 15.0 Å². The zero-order valence-corrected chi connectivity index (χ0v) is 16.7. The van der Waals surface area contributed by atoms with Crippen molar-refractivity contribution in [2.45, 2.75) is 6.42 Å². The average molecular weight is 442 g/mol. The lowest BCUT2D eigenvalue weighted by atomic mass is 10.1. The number of hydrogen-bond donors (Lipinski definition) is 1. The number of amides is 2. The van der Waals surface area contributed by atoms with Crippen LogP contribution in [0, 0.1) is 5.92 Å². The third kappa shape index (κ3) is 4.76. The molecule has 6 nitrogen and oxygen atoms in total. The van der Waals surface area contributed by atoms with Crippen molar-refractivity contribution in [3.05, 3.63) is 57.5 Å². The van der Waals surface area contributed by atoms with Crippen LogP contribution in [-0.4, -0.2) is 30.9 Å². The lowest BCUT2D eigenvalue weighted by Crippen LogP contribution is -2.28. The van der Waals surface area contributed by atoms with Crippen molar-refractivity contribution < 1.29 is 19.1 Å². The minimum atomic E-state index is -0.675. The highest BCUT2D eigenvalue weighted by atomic mass is 35.5. The molecule has 1 aliphatic heterocycles. The first kappa shape index (κ1) is 20.5. The van der Waals surface area contributed by atoms with E-state index in [0.29, 0.717) is 26.4 Å². The van der Waals surface area contributed by atoms with E-state index < -0.39 is 24.4 Å². The predicted molar refractivity (Wildman–Crippen MR) is 108 cm³/mol. The van der Waals surface area contributed by atoms with Gasteiger partial charge in [-0.2, -0.15) is 0 Å². The second-order valence-electron chi connectivity index (χ2n) is 6.14. The standard InChI is InChI=1S/C19H15Cl3N2O4/c20-12-5-6-13(21)15(8-12)23-17(25)10-28-19(27)11-7-18(26)24(9-11)16-4-2-1-3-14(16)22/h1-6,8,11H,7,9-10H2,(H,23,25)/t11-/m1/s1. The molecule has 2 aromatic rings. The molecule has 1 saturated heterocycles. The molecule has 0 aromatic heterocycles. The number of para-hydroxylation sites is 1. The van der Waals surface area contributed by atoms with Crippen LogP contribution in [0.1, 0.15) is 6.42 Å². The van der Waals surface area contributed by atoms with Gasteiger partial charge in [0.1, 0.15) is 0 Å². The quantitative estimate of drug-likeness (QED) is 0.706. The number of carbonyl (C=O) groups is 3. The Labute approximate surface area is 176 Å². The number of anilines is 2. The number of ether oxygens (including phenoxy) is 1. The lowest BCUT2D eigenvalue weighted by molar-refractivity contribution is -0.151. The third-order valence-corrected chi connectivity index (χ3v) is 5.03. The minimum Gasteiger partial charge on any atom is -0.455 e. The first-order chi connectivity index (χ1) is 13.3. The normalized spacial score (nSPS) is 16.2. The van der Waals surface area contributed by atoms with Crippen molar-refractivity contribution in [3.63, 3.8) is 0 Å². The van der Waals surface area contributed by atoms with Crippen molar-refractivity contribution in [1.29, 1.82) is 0 Å². The van der Waals surface area contributed by atoms with Gasteiger partial charge in [-0.05, 0) is 30.3 Å². The van der Waals surface area contributed by atoms with Gasteiger partial charge in [-0.25, -0.2) is 0 Å². The Hall–Kier alpha value is -2.28. The fourth-order valence-corrected chi connectivity index (χ4v) is 3.38. The number of benzene rings is 2. The maximum atomic E-state index is 12.3. The maximum Gasteiger partial charge on any atom is 0.311 e. The van der Waals surface area contributed by atoms with E-state index in [-0.39, 0.29) is 18.9 Å². The van der Waals surface area contributed by atoms with Crippen LogP contribution < -0.4 is 10.2 Å². The molecule has 0 bridgehead atoms. The summed E-state index contributed by atoms with van der Waals surface area (Å²) >= 11 is 18.0. The molecule has 3 rings (SSSR count). The molecule has 0 unspecified atom stereocenters. The molecule has 0 aliphatic carbocycles. The van der Waals surface area contributed by atoms with Gasteiger partial charge in [0.05, 0.1) is 27.3 Å². The van der Waals surface area contributed by atoms with Crippen LogP contribution in [0.15, 0.2) is 42.5 Å². The third-order valence-electron chi connectivity index (χ3n) is 4.15. The number of nitrogens with one attached hydrogen (secondary N) is 1. The molecule has 0 saturated carbocycles. The van der Waals surface area contributed by atoms with E-state index in [1.54, 1.807) is 36.4 Å². The number of esters is 1. The van der Waals surface area contributed by atoms with Crippen LogP contribution >= 0.6 is 34.8 Å². The summed E-state index contributed by atoms with van der Waals surface area (Å²) in [5.74, 6) is -2.10. The Kier molecular flexibility index (Phi) is 6.44. The van der Waals surface area contributed by atoms with Crippen LogP contribution in [0.4, 0.5) is 11.4 Å². The Morgan fingerprint density at radius 1 is 1.11 bits per heavy atom. The molecule has 1 atom stereocenters. The SMILES string of the molecule is O=C(COC(=O)[C@@H]1CC(=O)N(c2ccccc2Cl)C1)Nc1cc(Cl)ccc1Cl. The smallest absolute Gasteiger partial charge is 0.311 e. The van der Waals surface area contributed by atoms with Crippen LogP contribution in [0.25, 0.3) is 0 Å². The Morgan fingerprint density at radius 3 is 2.61 bits per heavy atom. The van der Waals surface area contributed by atoms with Crippen molar-refractivity contribution >= 4 is 64.0 Å². The summed E-state index contributed by atoms with van der Waals surface area (Å²) in [5, 5.41) is 3.65. The van der Waals surface area contributed by atoms with Crippen molar-refractivity contribution in [3.8, 4) is 0 Å². The van der Waals surface area contributed by atoms with Gasteiger partial charge in [0.2, 0.25) is 5.91 Å². The monoisotopic (exact) mass is 440 g/mol. The summed E-state index contributed by atoms with van der Waals surface area (Å²) in [4.78, 5) is 38.0. The van der Waals surface area contributed by atoms with E-state index in [4.69, 9.17) is 39.5 Å². The highest BCUT2D eigenvalue weighted by Gasteiger charge is 2.37. The fourth-order valence-electron chi connectivity index (χ4n) is 2.80. The summed E-state index contributed by atoms with van der Waals surface area (Å²) in [7, 11) is 0. The number of halogens is 3. The van der Waals surface area contributed by atoms with Crippen LogP contribution in [0.5, 0.6) is 0 Å². The fraction of sp³-hybridized carbons (Fsp3) is 0.211. The topological polar surface area (TPSA) is 75.7 Å². The first-order valence-corrected chi connectivity index (χ1v) is 9.45. The average Bonchev–Trinajstić information content (AvgIpc) is 3.05. The number of rotatable bonds is 5. The largest absolute Gasteiger partial charge is 0.455 e. The number of carbonyl (C=O) groups excluding carboxylic acids is 3. The van der Waals surface area contributed by atoms with E-state index in [0.717, 1.165) is 0 Å². The van der Waals surface area contributed by atoms with Gasteiger partial charge in [0.25, 0.3) is 5.91 Å². The molecular formula is C19H15Cl3N2O4. The summed E-state index contributed by atoms with van der Waals surface area (Å²) in [5.41, 5.74) is 0.856. The summed E-state index contributed by atoms with van der Waals surface area (Å²) in [6, 6.07) is 11.5. The van der Waals surface area contributed by atoms with Crippen LogP contribution in [-0.2, 0) is 19.1 Å². The Morgan fingerprint density at radius 2 is 1.86 bits per heavy atom. The number of hydrogen-bond acceptors (Lipinski definition) is 4. The molecule has 1 heterocycles. The molecule has 9 heteroatoms. The summed E-state index contributed by atoms with van der Waals surface area (Å²) in [6.45, 7) is -0.360. The molecule has 0 radical (unpaired) electrons. The van der Waals surface area contributed by atoms with E-state index in [1.807, 2.05) is 0 Å². The van der Waals surface area contributed by atoms with Gasteiger partial charge in [-0.1, -0.05) is 46.9 Å². The van der Waals surface area contributed by atoms with Gasteiger partial charge in [0, 0.05) is 18.0 Å². The van der Waals surface area contributed by atoms with Gasteiger partial charge in [-0.3, -0.25) is 14.4 Å². The Bertz CT molecular complexity index is 935. The molecule has 146 valence electrons. The molecule has 1 aliphatic rings. The predicted octanol–water partition coefficient (Wildman–Crippen LogP) is 4.18. The molecule has 28 heavy (non-hydrogen) atoms. The van der Waals surface area contributed by atoms with E-state index in [2.05, 4.69) is 5.32 Å². The summed E-state index contributed by atoms with van der Waals surface area (Å²) < 4.78 is 5.05. The van der Waals surface area contributed by atoms with Crippen molar-refractivity contribution in [1.82, 2.24) is 0 Å². The van der Waals surface area contributed by atoms with Crippen molar-refractivity contribution in [2.75, 3.05) is 23.4 Å². The summed E-state index contributed by atoms with van der Waals surface area (Å²) in [6.07, 6.45) is -0.00814. The van der Waals surface area contributed by atoms with Crippen LogP contribution in [0.2, 0.25) is 15.1 Å². The zero-order valence-electron chi connectivity index (χ0n) is 14.5. The van der Waals surface area contributed by atoms with Gasteiger partial charge in [-0.15, -0.1) is 0 Å². The molecule has 2 amide bonds. The molecule has 1 fully saturated rings. The van der Waals surface area contributed by atoms with E-state index in [9.17, 15) is 14.4 Å². The Balaban J connectivity index is 1.55. The first-order valence-electron chi connectivity index (χ1n) is 8.31. The van der Waals surface area contributed by atoms with E-state index >= 15 is 0 Å². The lowest BCUT2D eigenvalue weighted by Gasteiger charge is -2.17. The zero-order chi connectivity index (χ0) is 20.3. The van der Waals surface area contributed by atoms with Crippen LogP contribution in [0.3, 0.4) is 0 Å². The highest BCUT2D eigenvalue weighted by molar-refractivity contribution is 6.35. The molecule has 1 N–H and O–H groups in total. The molecular weight excluding hydrogens is 427 g/mol. The highest BCUT2D eigenvalue weighted by Crippen LogP contribution is 2.31.